The summed E-state index contributed by atoms with van der Waals surface area (Å²) in [6.07, 6.45) is 0.335. The summed E-state index contributed by atoms with van der Waals surface area (Å²) in [7, 11) is 0. The van der Waals surface area contributed by atoms with E-state index in [0.717, 1.165) is 12.2 Å². The molecule has 13 nitrogen and oxygen atoms in total. The smallest absolute Gasteiger partial charge is 0.449 e. The second-order valence-electron chi connectivity index (χ2n) is 8.90. The highest BCUT2D eigenvalue weighted by Gasteiger charge is 2.54. The molecule has 0 radical (unpaired) electrons. The van der Waals surface area contributed by atoms with Crippen LogP contribution in [0, 0.1) is 11.8 Å². The van der Waals surface area contributed by atoms with Gasteiger partial charge in [-0.25, -0.2) is 9.79 Å². The van der Waals surface area contributed by atoms with E-state index in [0.29, 0.717) is 5.56 Å². The number of hydrogen-bond acceptors (Lipinski definition) is 10. The molecule has 0 aromatic heterocycles. The Morgan fingerprint density at radius 2 is 1.87 bits per heavy atom. The maximum atomic E-state index is 13.5. The number of alkyl halides is 1. The van der Waals surface area contributed by atoms with E-state index >= 15 is 0 Å². The highest BCUT2D eigenvalue weighted by Crippen LogP contribution is 2.37. The summed E-state index contributed by atoms with van der Waals surface area (Å²) in [5.74, 6) is -6.12. The van der Waals surface area contributed by atoms with Crippen LogP contribution in [-0.2, 0) is 28.7 Å². The minimum absolute atomic E-state index is 0.0710. The topological polar surface area (TPSA) is 201 Å². The summed E-state index contributed by atoms with van der Waals surface area (Å²) in [5, 5.41) is 21.9. The predicted molar refractivity (Wildman–Crippen MR) is 134 cm³/mol. The molecule has 6 unspecified atom stereocenters. The molecule has 2 amide bonds. The Morgan fingerprint density at radius 1 is 1.15 bits per heavy atom. The predicted octanol–water partition coefficient (Wildman–Crippen LogP) is -0.242. The lowest BCUT2D eigenvalue weighted by Gasteiger charge is -2.44. The molecular formula is C25H23ClN4O9. The lowest BCUT2D eigenvalue weighted by molar-refractivity contribution is -0.139. The van der Waals surface area contributed by atoms with Gasteiger partial charge in [0.15, 0.2) is 17.6 Å². The number of hydrogen-bond donors (Lipinski definition) is 4. The summed E-state index contributed by atoms with van der Waals surface area (Å²) in [6, 6.07) is 4.58. The van der Waals surface area contributed by atoms with Gasteiger partial charge in [-0.3, -0.25) is 29.0 Å². The molecule has 4 rings (SSSR count). The Bertz CT molecular complexity index is 1310. The number of ketones is 3. The molecule has 6 atom stereocenters. The van der Waals surface area contributed by atoms with Crippen molar-refractivity contribution in [1.82, 2.24) is 10.6 Å². The fraction of sp³-hybridized carbons (Fsp3) is 0.360. The molecule has 1 aromatic rings. The van der Waals surface area contributed by atoms with Crippen molar-refractivity contribution in [2.24, 2.45) is 21.8 Å². The third kappa shape index (κ3) is 5.78. The zero-order valence-electron chi connectivity index (χ0n) is 20.2. The third-order valence-corrected chi connectivity index (χ3v) is 6.80. The monoisotopic (exact) mass is 558 g/mol. The van der Waals surface area contributed by atoms with Gasteiger partial charge in [-0.15, -0.1) is 11.6 Å². The van der Waals surface area contributed by atoms with Crippen LogP contribution in [0.3, 0.4) is 0 Å². The van der Waals surface area contributed by atoms with Crippen LogP contribution in [-0.4, -0.2) is 87.8 Å². The minimum atomic E-state index is -1.64. The molecule has 204 valence electrons. The number of Topliss-reactive ketones (excluding diaryl/α,β-unsaturated/α-hetero) is 1. The summed E-state index contributed by atoms with van der Waals surface area (Å²) < 4.78 is 4.61. The minimum Gasteiger partial charge on any atom is -0.449 e. The molecule has 1 aliphatic heterocycles. The van der Waals surface area contributed by atoms with Crippen molar-refractivity contribution in [2.75, 3.05) is 13.2 Å². The third-order valence-electron chi connectivity index (χ3n) is 6.43. The molecule has 14 heteroatoms. The van der Waals surface area contributed by atoms with E-state index in [4.69, 9.17) is 21.8 Å². The van der Waals surface area contributed by atoms with Crippen molar-refractivity contribution in [3.05, 3.63) is 48.0 Å². The lowest BCUT2D eigenvalue weighted by atomic mass is 9.69. The largest absolute Gasteiger partial charge is 0.512 e. The number of benzene rings is 1. The quantitative estimate of drug-likeness (QED) is 0.198. The van der Waals surface area contributed by atoms with Gasteiger partial charge in [0.25, 0.3) is 0 Å². The Kier molecular flexibility index (Phi) is 8.31. The van der Waals surface area contributed by atoms with Crippen LogP contribution < -0.4 is 10.6 Å². The molecule has 0 bridgehead atoms. The number of ether oxygens (including phenoxy) is 1. The van der Waals surface area contributed by atoms with Crippen molar-refractivity contribution in [2.45, 2.75) is 29.9 Å². The number of aliphatic imine (C=N–C) groups is 2. The van der Waals surface area contributed by atoms with Crippen molar-refractivity contribution in [3.8, 4) is 0 Å². The molecular weight excluding hydrogens is 536 g/mol. The maximum Gasteiger partial charge on any atom is 0.512 e. The molecule has 4 N–H and O–H groups in total. The van der Waals surface area contributed by atoms with Crippen LogP contribution in [0.25, 0.3) is 0 Å². The number of allylic oxidation sites excluding steroid dienone is 2. The molecule has 0 saturated heterocycles. The number of aliphatic hydroxyl groups is 1. The van der Waals surface area contributed by atoms with Crippen molar-refractivity contribution in [3.63, 3.8) is 0 Å². The van der Waals surface area contributed by atoms with E-state index < -0.39 is 77.2 Å². The van der Waals surface area contributed by atoms with Gasteiger partial charge in [0.2, 0.25) is 23.5 Å². The molecule has 3 aliphatic rings. The van der Waals surface area contributed by atoms with Crippen LogP contribution in [0.15, 0.2) is 52.5 Å². The van der Waals surface area contributed by atoms with Gasteiger partial charge < -0.3 is 25.6 Å². The SMILES string of the molecule is O=C(O)OC1=NC2C(CC1Cl)C(=O)C2NC(=O)C(N=C1C(=O)C=CC(=O)C1C(=O)NCCO)c1ccccc1. The number of carboxylic acid groups (broad SMARTS) is 1. The lowest BCUT2D eigenvalue weighted by Crippen LogP contribution is -2.66. The first kappa shape index (κ1) is 27.8. The highest BCUT2D eigenvalue weighted by atomic mass is 35.5. The van der Waals surface area contributed by atoms with Crippen molar-refractivity contribution in [1.29, 1.82) is 0 Å². The first-order chi connectivity index (χ1) is 18.6. The Labute approximate surface area is 226 Å². The molecule has 1 fully saturated rings. The maximum absolute atomic E-state index is 13.5. The summed E-state index contributed by atoms with van der Waals surface area (Å²) in [6.45, 7) is -0.568. The van der Waals surface area contributed by atoms with Gasteiger partial charge in [-0.1, -0.05) is 30.3 Å². The van der Waals surface area contributed by atoms with Crippen LogP contribution in [0.2, 0.25) is 0 Å². The van der Waals surface area contributed by atoms with Crippen LogP contribution >= 0.6 is 11.6 Å². The van der Waals surface area contributed by atoms with Crippen LogP contribution in [0.5, 0.6) is 0 Å². The summed E-state index contributed by atoms with van der Waals surface area (Å²) in [4.78, 5) is 83.5. The number of aliphatic hydroxyl groups excluding tert-OH is 1. The van der Waals surface area contributed by atoms with Gasteiger partial charge in [0.1, 0.15) is 23.0 Å². The second kappa shape index (κ2) is 11.7. The normalized spacial score (nSPS) is 27.6. The number of amides is 2. The van der Waals surface area contributed by atoms with Crippen molar-refractivity contribution >= 4 is 58.5 Å². The van der Waals surface area contributed by atoms with Gasteiger partial charge in [-0.2, -0.15) is 0 Å². The Balaban J connectivity index is 1.65. The van der Waals surface area contributed by atoms with Gasteiger partial charge >= 0.3 is 6.16 Å². The number of halogens is 1. The summed E-state index contributed by atoms with van der Waals surface area (Å²) >= 11 is 6.09. The van der Waals surface area contributed by atoms with Gasteiger partial charge in [0.05, 0.1) is 12.6 Å². The number of nitrogens with zero attached hydrogens (tertiary/aromatic N) is 2. The van der Waals surface area contributed by atoms with E-state index in [1.807, 2.05) is 0 Å². The molecule has 1 saturated carbocycles. The highest BCUT2D eigenvalue weighted by molar-refractivity contribution is 6.54. The standard InChI is InChI=1S/C25H23ClN4O9/c26-13-10-12-18(30-24(13)39-25(37)38)20(21(12)34)29-23(36)17(11-4-2-1-3-5-11)28-19-15(33)7-6-14(32)16(19)22(35)27-8-9-31/h1-7,12-13,16-18,20,31H,8-10H2,(H,27,35)(H,29,36)(H,37,38). The van der Waals surface area contributed by atoms with E-state index in [9.17, 15) is 28.8 Å². The summed E-state index contributed by atoms with van der Waals surface area (Å²) in [5.41, 5.74) is -0.171. The molecule has 1 aromatic carbocycles. The fourth-order valence-electron chi connectivity index (χ4n) is 4.57. The van der Waals surface area contributed by atoms with Crippen LogP contribution in [0.4, 0.5) is 4.79 Å². The van der Waals surface area contributed by atoms with E-state index in [2.05, 4.69) is 25.4 Å². The first-order valence-corrected chi connectivity index (χ1v) is 12.3. The Morgan fingerprint density at radius 3 is 2.54 bits per heavy atom. The van der Waals surface area contributed by atoms with Gasteiger partial charge in [-0.05, 0) is 24.1 Å². The van der Waals surface area contributed by atoms with E-state index in [-0.39, 0.29) is 24.6 Å². The number of carbonyl (C=O) groups is 6. The molecule has 2 aliphatic carbocycles. The number of carbonyl (C=O) groups excluding carboxylic acids is 5. The first-order valence-electron chi connectivity index (χ1n) is 11.9. The van der Waals surface area contributed by atoms with Gasteiger partial charge in [0, 0.05) is 12.5 Å². The molecule has 0 spiro atoms. The number of fused-ring (bicyclic) bond motifs is 1. The number of rotatable bonds is 7. The fourth-order valence-corrected chi connectivity index (χ4v) is 4.86. The number of nitrogens with one attached hydrogen (secondary N) is 2. The second-order valence-corrected chi connectivity index (χ2v) is 9.43. The Hall–Kier alpha value is -4.23. The zero-order chi connectivity index (χ0) is 28.3. The molecule has 1 heterocycles. The average molecular weight is 559 g/mol. The molecule has 39 heavy (non-hydrogen) atoms. The van der Waals surface area contributed by atoms with E-state index in [1.54, 1.807) is 30.3 Å². The zero-order valence-corrected chi connectivity index (χ0v) is 20.9. The van der Waals surface area contributed by atoms with E-state index in [1.165, 1.54) is 0 Å². The van der Waals surface area contributed by atoms with Crippen LogP contribution in [0.1, 0.15) is 18.0 Å². The average Bonchev–Trinajstić information content (AvgIpc) is 2.91. The van der Waals surface area contributed by atoms with Crippen molar-refractivity contribution < 1.29 is 43.7 Å².